The number of hydrogen-bond donors (Lipinski definition) is 2. The molecule has 4 saturated carbocycles. The molecule has 0 aliphatic heterocycles. The molecule has 5 heteroatoms. The highest BCUT2D eigenvalue weighted by Crippen LogP contribution is 2.61. The fraction of sp³-hybridized carbons (Fsp3) is 0.647. The molecular weight excluding hydrogens is 294 g/mol. The van der Waals surface area contributed by atoms with Gasteiger partial charge in [0.25, 0.3) is 0 Å². The molecule has 0 radical (unpaired) electrons. The molecule has 0 spiro atoms. The van der Waals surface area contributed by atoms with Crippen molar-refractivity contribution in [2.75, 3.05) is 18.1 Å². The highest BCUT2D eigenvalue weighted by atomic mass is 32.1. The van der Waals surface area contributed by atoms with Crippen molar-refractivity contribution < 1.29 is 4.79 Å². The maximum absolute atomic E-state index is 13.3. The Hall–Kier alpha value is -1.54. The number of carbonyl (C=O) groups is 1. The van der Waals surface area contributed by atoms with Gasteiger partial charge in [0.05, 0.1) is 10.6 Å². The molecule has 0 amide bonds. The van der Waals surface area contributed by atoms with E-state index in [1.807, 2.05) is 0 Å². The molecule has 1 aromatic rings. The van der Waals surface area contributed by atoms with E-state index in [0.717, 1.165) is 37.0 Å². The Morgan fingerprint density at radius 2 is 1.82 bits per heavy atom. The summed E-state index contributed by atoms with van der Waals surface area (Å²) in [6.45, 7) is 0. The maximum Gasteiger partial charge on any atom is 0.181 e. The highest BCUT2D eigenvalue weighted by molar-refractivity contribution is 7.19. The lowest BCUT2D eigenvalue weighted by atomic mass is 9.48. The Labute approximate surface area is 134 Å². The number of nitrogens with one attached hydrogen (secondary N) is 1. The minimum Gasteiger partial charge on any atom is -0.396 e. The van der Waals surface area contributed by atoms with E-state index in [-0.39, 0.29) is 11.2 Å². The zero-order valence-electron chi connectivity index (χ0n) is 12.8. The topological polar surface area (TPSA) is 78.9 Å². The third-order valence-electron chi connectivity index (χ3n) is 6.01. The van der Waals surface area contributed by atoms with E-state index < -0.39 is 0 Å². The predicted molar refractivity (Wildman–Crippen MR) is 87.9 cm³/mol. The van der Waals surface area contributed by atoms with E-state index >= 15 is 0 Å². The Morgan fingerprint density at radius 3 is 2.23 bits per heavy atom. The number of nitrogen functional groups attached to an aromatic ring is 1. The van der Waals surface area contributed by atoms with Crippen molar-refractivity contribution in [3.63, 3.8) is 0 Å². The minimum absolute atomic E-state index is 0.189. The second-order valence-corrected chi connectivity index (χ2v) is 8.46. The third kappa shape index (κ3) is 1.83. The number of Topliss-reactive ketones (excluding diaryl/α,β-unsaturated/α-hetero) is 1. The van der Waals surface area contributed by atoms with Gasteiger partial charge in [0.15, 0.2) is 5.78 Å². The number of thiophene rings is 1. The summed E-state index contributed by atoms with van der Waals surface area (Å²) >= 11 is 1.36. The van der Waals surface area contributed by atoms with E-state index in [9.17, 15) is 10.1 Å². The third-order valence-corrected chi connectivity index (χ3v) is 7.23. The lowest BCUT2D eigenvalue weighted by Gasteiger charge is -2.55. The van der Waals surface area contributed by atoms with Crippen LogP contribution in [-0.4, -0.2) is 12.8 Å². The number of rotatable bonds is 3. The van der Waals surface area contributed by atoms with Crippen LogP contribution in [-0.2, 0) is 0 Å². The van der Waals surface area contributed by atoms with Gasteiger partial charge in [0.2, 0.25) is 0 Å². The normalized spacial score (nSPS) is 35.4. The number of hydrogen-bond acceptors (Lipinski definition) is 5. The summed E-state index contributed by atoms with van der Waals surface area (Å²) in [5.41, 5.74) is 6.77. The molecular formula is C17H21N3OS. The number of nitriles is 1. The molecule has 1 aromatic heterocycles. The average molecular weight is 315 g/mol. The van der Waals surface area contributed by atoms with Crippen molar-refractivity contribution in [1.29, 1.82) is 5.26 Å². The van der Waals surface area contributed by atoms with Crippen molar-refractivity contribution in [3.05, 3.63) is 10.4 Å². The maximum atomic E-state index is 13.3. The molecule has 116 valence electrons. The van der Waals surface area contributed by atoms with E-state index in [4.69, 9.17) is 5.73 Å². The molecule has 0 unspecified atom stereocenters. The summed E-state index contributed by atoms with van der Waals surface area (Å²) in [5, 5.41) is 13.0. The Kier molecular flexibility index (Phi) is 3.02. The number of ketones is 1. The van der Waals surface area contributed by atoms with Crippen molar-refractivity contribution in [2.45, 2.75) is 38.5 Å². The van der Waals surface area contributed by atoms with Crippen LogP contribution in [0.5, 0.6) is 0 Å². The minimum atomic E-state index is -0.189. The van der Waals surface area contributed by atoms with Gasteiger partial charge in [-0.15, -0.1) is 11.3 Å². The van der Waals surface area contributed by atoms with Crippen LogP contribution in [0.25, 0.3) is 0 Å². The number of anilines is 2. The summed E-state index contributed by atoms with van der Waals surface area (Å²) in [4.78, 5) is 13.9. The fourth-order valence-corrected chi connectivity index (χ4v) is 6.61. The first-order chi connectivity index (χ1) is 10.6. The van der Waals surface area contributed by atoms with Crippen molar-refractivity contribution >= 4 is 27.8 Å². The lowest BCUT2D eigenvalue weighted by Crippen LogP contribution is -2.49. The molecule has 5 rings (SSSR count). The number of carbonyl (C=O) groups excluding carboxylic acids is 1. The van der Waals surface area contributed by atoms with Crippen LogP contribution < -0.4 is 11.1 Å². The Bertz CT molecular complexity index is 650. The van der Waals surface area contributed by atoms with Crippen LogP contribution in [0.4, 0.5) is 10.7 Å². The van der Waals surface area contributed by atoms with Gasteiger partial charge in [0.1, 0.15) is 16.6 Å². The molecule has 22 heavy (non-hydrogen) atoms. The van der Waals surface area contributed by atoms with E-state index in [1.165, 1.54) is 30.6 Å². The Morgan fingerprint density at radius 1 is 1.27 bits per heavy atom. The van der Waals surface area contributed by atoms with Crippen LogP contribution in [0.3, 0.4) is 0 Å². The fourth-order valence-electron chi connectivity index (χ4n) is 5.53. The smallest absolute Gasteiger partial charge is 0.181 e. The molecule has 1 heterocycles. The largest absolute Gasteiger partial charge is 0.396 e. The molecule has 0 aromatic carbocycles. The molecule has 4 fully saturated rings. The van der Waals surface area contributed by atoms with Crippen LogP contribution in [0.1, 0.15) is 53.8 Å². The molecule has 4 aliphatic rings. The van der Waals surface area contributed by atoms with E-state index in [2.05, 4.69) is 11.4 Å². The predicted octanol–water partition coefficient (Wildman–Crippen LogP) is 3.64. The SMILES string of the molecule is CNc1sc(C(=O)C23CC4CC(CC(C4)C2)C3)c(N)c1C#N. The first-order valence-corrected chi connectivity index (χ1v) is 8.93. The molecule has 0 atom stereocenters. The second kappa shape index (κ2) is 4.73. The zero-order chi connectivity index (χ0) is 15.5. The molecule has 0 saturated heterocycles. The van der Waals surface area contributed by atoms with Gasteiger partial charge in [-0.3, -0.25) is 4.79 Å². The van der Waals surface area contributed by atoms with Gasteiger partial charge < -0.3 is 11.1 Å². The van der Waals surface area contributed by atoms with Crippen LogP contribution in [0, 0.1) is 34.5 Å². The summed E-state index contributed by atoms with van der Waals surface area (Å²) < 4.78 is 0. The summed E-state index contributed by atoms with van der Waals surface area (Å²) in [6, 6.07) is 2.13. The number of nitrogens with zero attached hydrogens (tertiary/aromatic N) is 1. The zero-order valence-corrected chi connectivity index (χ0v) is 13.6. The Balaban J connectivity index is 1.74. The molecule has 3 N–H and O–H groups in total. The summed E-state index contributed by atoms with van der Waals surface area (Å²) in [7, 11) is 1.77. The average Bonchev–Trinajstić information content (AvgIpc) is 2.81. The molecule has 4 bridgehead atoms. The van der Waals surface area contributed by atoms with Gasteiger partial charge in [-0.2, -0.15) is 5.26 Å². The van der Waals surface area contributed by atoms with Crippen molar-refractivity contribution in [3.8, 4) is 6.07 Å². The quantitative estimate of drug-likeness (QED) is 0.835. The second-order valence-electron chi connectivity index (χ2n) is 7.44. The standard InChI is InChI=1S/C17H21N3OS/c1-20-16-12(8-18)13(19)14(22-16)15(21)17-5-9-2-10(6-17)4-11(3-9)7-17/h9-11,20H,2-7,19H2,1H3. The van der Waals surface area contributed by atoms with Gasteiger partial charge in [-0.05, 0) is 56.3 Å². The van der Waals surface area contributed by atoms with Crippen LogP contribution >= 0.6 is 11.3 Å². The van der Waals surface area contributed by atoms with Crippen LogP contribution in [0.15, 0.2) is 0 Å². The van der Waals surface area contributed by atoms with Crippen molar-refractivity contribution in [2.24, 2.45) is 23.2 Å². The van der Waals surface area contributed by atoms with Crippen LogP contribution in [0.2, 0.25) is 0 Å². The van der Waals surface area contributed by atoms with E-state index in [1.54, 1.807) is 7.05 Å². The van der Waals surface area contributed by atoms with Gasteiger partial charge in [-0.1, -0.05) is 0 Å². The molecule has 4 aliphatic carbocycles. The highest BCUT2D eigenvalue weighted by Gasteiger charge is 2.55. The summed E-state index contributed by atoms with van der Waals surface area (Å²) in [5.74, 6) is 2.41. The van der Waals surface area contributed by atoms with Gasteiger partial charge in [0, 0.05) is 12.5 Å². The van der Waals surface area contributed by atoms with E-state index in [0.29, 0.717) is 21.1 Å². The van der Waals surface area contributed by atoms with Crippen molar-refractivity contribution in [1.82, 2.24) is 0 Å². The van der Waals surface area contributed by atoms with Gasteiger partial charge in [-0.25, -0.2) is 0 Å². The monoisotopic (exact) mass is 315 g/mol. The lowest BCUT2D eigenvalue weighted by molar-refractivity contribution is -0.0350. The van der Waals surface area contributed by atoms with Gasteiger partial charge >= 0.3 is 0 Å². The number of nitrogens with two attached hydrogens (primary N) is 1. The first-order valence-electron chi connectivity index (χ1n) is 8.11. The first kappa shape index (κ1) is 14.1. The summed E-state index contributed by atoms with van der Waals surface area (Å²) in [6.07, 6.45) is 7.05. The molecule has 4 nitrogen and oxygen atoms in total.